The highest BCUT2D eigenvalue weighted by atomic mass is 19.1. The first-order valence-corrected chi connectivity index (χ1v) is 4.87. The Labute approximate surface area is 97.1 Å². The second-order valence-corrected chi connectivity index (χ2v) is 3.30. The van der Waals surface area contributed by atoms with E-state index in [0.717, 1.165) is 0 Å². The van der Waals surface area contributed by atoms with Crippen LogP contribution in [0.3, 0.4) is 0 Å². The first-order chi connectivity index (χ1) is 8.20. The molecule has 86 valence electrons. The Kier molecular flexibility index (Phi) is 3.09. The molecule has 0 aliphatic heterocycles. The van der Waals surface area contributed by atoms with Gasteiger partial charge in [-0.05, 0) is 12.1 Å². The van der Waals surface area contributed by atoms with Gasteiger partial charge in [0.2, 0.25) is 0 Å². The molecule has 0 unspecified atom stereocenters. The number of aromatic nitrogens is 2. The molecule has 0 aliphatic carbocycles. The van der Waals surface area contributed by atoms with Gasteiger partial charge in [-0.3, -0.25) is 0 Å². The van der Waals surface area contributed by atoms with E-state index in [1.54, 1.807) is 12.1 Å². The zero-order valence-corrected chi connectivity index (χ0v) is 9.05. The Hall–Kier alpha value is -2.30. The van der Waals surface area contributed by atoms with Gasteiger partial charge in [0.05, 0.1) is 12.7 Å². The summed E-state index contributed by atoms with van der Waals surface area (Å²) in [5.41, 5.74) is 0.814. The summed E-state index contributed by atoms with van der Waals surface area (Å²) < 4.78 is 17.5. The molecule has 2 aromatic rings. The highest BCUT2D eigenvalue weighted by molar-refractivity contribution is 5.88. The van der Waals surface area contributed by atoms with Gasteiger partial charge in [0.1, 0.15) is 5.82 Å². The summed E-state index contributed by atoms with van der Waals surface area (Å²) in [5, 5.41) is 0. The average Bonchev–Trinajstić information content (AvgIpc) is 2.38. The number of rotatable bonds is 2. The molecule has 0 saturated heterocycles. The Morgan fingerprint density at radius 2 is 2.00 bits per heavy atom. The maximum absolute atomic E-state index is 13.0. The standard InChI is InChI=1S/C12H9FN2O2/c1-17-12(16)9-6-14-11(15-7-9)8-3-2-4-10(13)5-8/h2-7H,1H3. The minimum Gasteiger partial charge on any atom is -0.465 e. The third-order valence-corrected chi connectivity index (χ3v) is 2.16. The van der Waals surface area contributed by atoms with Crippen LogP contribution in [0.4, 0.5) is 4.39 Å². The number of ether oxygens (including phenoxy) is 1. The number of carbonyl (C=O) groups excluding carboxylic acids is 1. The van der Waals surface area contributed by atoms with Crippen LogP contribution < -0.4 is 0 Å². The van der Waals surface area contributed by atoms with Crippen molar-refractivity contribution in [2.45, 2.75) is 0 Å². The van der Waals surface area contributed by atoms with Gasteiger partial charge >= 0.3 is 5.97 Å². The molecular formula is C12H9FN2O2. The molecule has 0 aliphatic rings. The summed E-state index contributed by atoms with van der Waals surface area (Å²) >= 11 is 0. The van der Waals surface area contributed by atoms with E-state index in [0.29, 0.717) is 11.4 Å². The van der Waals surface area contributed by atoms with Gasteiger partial charge in [-0.2, -0.15) is 0 Å². The Morgan fingerprint density at radius 3 is 2.59 bits per heavy atom. The summed E-state index contributed by atoms with van der Waals surface area (Å²) in [7, 11) is 1.28. The molecule has 0 atom stereocenters. The number of nitrogens with zero attached hydrogens (tertiary/aromatic N) is 2. The van der Waals surface area contributed by atoms with Gasteiger partial charge in [0.25, 0.3) is 0 Å². The molecule has 0 N–H and O–H groups in total. The number of halogens is 1. The molecule has 1 heterocycles. The Morgan fingerprint density at radius 1 is 1.29 bits per heavy atom. The molecule has 0 bridgehead atoms. The van der Waals surface area contributed by atoms with Crippen LogP contribution in [-0.2, 0) is 4.74 Å². The van der Waals surface area contributed by atoms with Crippen LogP contribution >= 0.6 is 0 Å². The van der Waals surface area contributed by atoms with Gasteiger partial charge in [0, 0.05) is 18.0 Å². The zero-order valence-electron chi connectivity index (χ0n) is 9.05. The second kappa shape index (κ2) is 4.69. The molecular weight excluding hydrogens is 223 g/mol. The number of carbonyl (C=O) groups is 1. The highest BCUT2D eigenvalue weighted by Gasteiger charge is 2.07. The summed E-state index contributed by atoms with van der Waals surface area (Å²) in [6.07, 6.45) is 2.69. The third kappa shape index (κ3) is 2.44. The number of hydrogen-bond donors (Lipinski definition) is 0. The average molecular weight is 232 g/mol. The van der Waals surface area contributed by atoms with E-state index in [2.05, 4.69) is 14.7 Å². The summed E-state index contributed by atoms with van der Waals surface area (Å²) in [6.45, 7) is 0. The van der Waals surface area contributed by atoms with E-state index >= 15 is 0 Å². The number of benzene rings is 1. The molecule has 0 saturated carbocycles. The lowest BCUT2D eigenvalue weighted by atomic mass is 10.2. The molecule has 2 rings (SSSR count). The molecule has 1 aromatic carbocycles. The fourth-order valence-electron chi connectivity index (χ4n) is 1.33. The normalized spacial score (nSPS) is 10.0. The van der Waals surface area contributed by atoms with E-state index in [9.17, 15) is 9.18 Å². The van der Waals surface area contributed by atoms with Crippen molar-refractivity contribution >= 4 is 5.97 Å². The van der Waals surface area contributed by atoms with Crippen LogP contribution in [0, 0.1) is 5.82 Å². The monoisotopic (exact) mass is 232 g/mol. The minimum atomic E-state index is -0.504. The first kappa shape index (κ1) is 11.2. The van der Waals surface area contributed by atoms with Gasteiger partial charge in [-0.1, -0.05) is 12.1 Å². The van der Waals surface area contributed by atoms with Gasteiger partial charge < -0.3 is 4.74 Å². The quantitative estimate of drug-likeness (QED) is 0.744. The predicted octanol–water partition coefficient (Wildman–Crippen LogP) is 2.07. The van der Waals surface area contributed by atoms with Crippen molar-refractivity contribution in [3.8, 4) is 11.4 Å². The molecule has 0 amide bonds. The van der Waals surface area contributed by atoms with E-state index in [4.69, 9.17) is 0 Å². The highest BCUT2D eigenvalue weighted by Crippen LogP contribution is 2.15. The lowest BCUT2D eigenvalue weighted by Crippen LogP contribution is -2.03. The SMILES string of the molecule is COC(=O)c1cnc(-c2cccc(F)c2)nc1. The maximum atomic E-state index is 13.0. The largest absolute Gasteiger partial charge is 0.465 e. The van der Waals surface area contributed by atoms with E-state index < -0.39 is 5.97 Å². The van der Waals surface area contributed by atoms with Gasteiger partial charge in [-0.25, -0.2) is 19.2 Å². The first-order valence-electron chi connectivity index (χ1n) is 4.87. The van der Waals surface area contributed by atoms with Crippen molar-refractivity contribution in [3.05, 3.63) is 48.0 Å². The lowest BCUT2D eigenvalue weighted by Gasteiger charge is -2.01. The lowest BCUT2D eigenvalue weighted by molar-refractivity contribution is 0.0600. The molecule has 0 fully saturated rings. The number of esters is 1. The third-order valence-electron chi connectivity index (χ3n) is 2.16. The van der Waals surface area contributed by atoms with Crippen molar-refractivity contribution in [1.82, 2.24) is 9.97 Å². The van der Waals surface area contributed by atoms with Crippen molar-refractivity contribution < 1.29 is 13.9 Å². The van der Waals surface area contributed by atoms with E-state index in [-0.39, 0.29) is 11.4 Å². The predicted molar refractivity (Wildman–Crippen MR) is 58.8 cm³/mol. The number of methoxy groups -OCH3 is 1. The van der Waals surface area contributed by atoms with Crippen molar-refractivity contribution in [3.63, 3.8) is 0 Å². The molecule has 5 heteroatoms. The number of hydrogen-bond acceptors (Lipinski definition) is 4. The van der Waals surface area contributed by atoms with Crippen LogP contribution in [0.25, 0.3) is 11.4 Å². The fraction of sp³-hybridized carbons (Fsp3) is 0.0833. The van der Waals surface area contributed by atoms with E-state index in [1.165, 1.54) is 31.6 Å². The fourth-order valence-corrected chi connectivity index (χ4v) is 1.33. The Bertz CT molecular complexity index is 540. The second-order valence-electron chi connectivity index (χ2n) is 3.30. The van der Waals surface area contributed by atoms with E-state index in [1.807, 2.05) is 0 Å². The van der Waals surface area contributed by atoms with Crippen molar-refractivity contribution in [2.24, 2.45) is 0 Å². The van der Waals surface area contributed by atoms with Crippen molar-refractivity contribution in [1.29, 1.82) is 0 Å². The topological polar surface area (TPSA) is 52.1 Å². The molecule has 0 spiro atoms. The molecule has 0 radical (unpaired) electrons. The van der Waals surface area contributed by atoms with Gasteiger partial charge in [0.15, 0.2) is 5.82 Å². The van der Waals surface area contributed by atoms with Crippen LogP contribution in [0.2, 0.25) is 0 Å². The van der Waals surface area contributed by atoms with Crippen LogP contribution in [-0.4, -0.2) is 23.0 Å². The van der Waals surface area contributed by atoms with Crippen molar-refractivity contribution in [2.75, 3.05) is 7.11 Å². The summed E-state index contributed by atoms with van der Waals surface area (Å²) in [4.78, 5) is 19.1. The summed E-state index contributed by atoms with van der Waals surface area (Å²) in [5.74, 6) is -0.504. The molecule has 4 nitrogen and oxygen atoms in total. The molecule has 17 heavy (non-hydrogen) atoms. The Balaban J connectivity index is 2.32. The van der Waals surface area contributed by atoms with Crippen LogP contribution in [0.5, 0.6) is 0 Å². The zero-order chi connectivity index (χ0) is 12.3. The maximum Gasteiger partial charge on any atom is 0.341 e. The molecule has 1 aromatic heterocycles. The summed E-state index contributed by atoms with van der Waals surface area (Å²) in [6, 6.07) is 5.93. The smallest absolute Gasteiger partial charge is 0.341 e. The van der Waals surface area contributed by atoms with Crippen LogP contribution in [0.1, 0.15) is 10.4 Å². The minimum absolute atomic E-state index is 0.257. The van der Waals surface area contributed by atoms with Crippen LogP contribution in [0.15, 0.2) is 36.7 Å². The van der Waals surface area contributed by atoms with Gasteiger partial charge in [-0.15, -0.1) is 0 Å².